The van der Waals surface area contributed by atoms with Gasteiger partial charge < -0.3 is 16.2 Å². The van der Waals surface area contributed by atoms with Gasteiger partial charge in [-0.3, -0.25) is 9.69 Å². The molecule has 2 unspecified atom stereocenters. The lowest BCUT2D eigenvalue weighted by Gasteiger charge is -2.39. The van der Waals surface area contributed by atoms with E-state index in [9.17, 15) is 14.3 Å². The number of nitrogens with one attached hydrogen (secondary N) is 1. The first kappa shape index (κ1) is 24.6. The van der Waals surface area contributed by atoms with Crippen molar-refractivity contribution in [1.82, 2.24) is 10.2 Å². The molecule has 0 spiro atoms. The monoisotopic (exact) mass is 389 g/mol. The van der Waals surface area contributed by atoms with E-state index in [1.165, 1.54) is 12.1 Å². The highest BCUT2D eigenvalue weighted by Gasteiger charge is 2.32. The van der Waals surface area contributed by atoms with E-state index < -0.39 is 12.0 Å². The van der Waals surface area contributed by atoms with Gasteiger partial charge in [-0.15, -0.1) is 37.2 Å². The molecular weight excluding hydrogens is 368 g/mol. The average Bonchev–Trinajstić information content (AvgIpc) is 2.43. The lowest BCUT2D eigenvalue weighted by molar-refractivity contribution is -0.144. The fraction of sp³-hybridized carbons (Fsp3) is 0.500. The van der Waals surface area contributed by atoms with E-state index in [0.29, 0.717) is 19.5 Å². The molecule has 1 saturated heterocycles. The minimum absolute atomic E-state index is 0. The zero-order valence-corrected chi connectivity index (χ0v) is 14.9. The number of hydrogen-bond donors (Lipinski definition) is 3. The molecule has 1 heterocycles. The highest BCUT2D eigenvalue weighted by molar-refractivity contribution is 5.86. The summed E-state index contributed by atoms with van der Waals surface area (Å²) in [7, 11) is 0. The van der Waals surface area contributed by atoms with Gasteiger partial charge in [0.05, 0.1) is 0 Å². The number of aliphatic carboxylic acids is 1. The molecule has 0 aliphatic carbocycles. The molecule has 134 valence electrons. The van der Waals surface area contributed by atoms with Crippen molar-refractivity contribution in [2.75, 3.05) is 26.2 Å². The van der Waals surface area contributed by atoms with Gasteiger partial charge in [0.25, 0.3) is 0 Å². The normalized spacial score (nSPS) is 18.8. The molecule has 2 atom stereocenters. The van der Waals surface area contributed by atoms with Crippen molar-refractivity contribution in [1.29, 1.82) is 0 Å². The van der Waals surface area contributed by atoms with E-state index >= 15 is 0 Å². The van der Waals surface area contributed by atoms with E-state index in [1.54, 1.807) is 12.1 Å². The third-order valence-corrected chi connectivity index (χ3v) is 3.69. The van der Waals surface area contributed by atoms with Gasteiger partial charge in [-0.05, 0) is 24.1 Å². The van der Waals surface area contributed by atoms with Gasteiger partial charge in [0.2, 0.25) is 0 Å². The summed E-state index contributed by atoms with van der Waals surface area (Å²) < 4.78 is 12.9. The molecule has 0 aromatic heterocycles. The number of halogens is 4. The summed E-state index contributed by atoms with van der Waals surface area (Å²) in [6, 6.07) is 5.71. The van der Waals surface area contributed by atoms with E-state index in [0.717, 1.165) is 12.1 Å². The molecule has 1 aliphatic rings. The molecule has 1 fully saturated rings. The molecule has 0 radical (unpaired) electrons. The highest BCUT2D eigenvalue weighted by atomic mass is 35.5. The Balaban J connectivity index is 0. The standard InChI is InChI=1S/C14H20FN3O2.3ClH/c15-11-3-1-10(2-4-11)7-12-9-17-5-6-18(12)13(8-16)14(19)20;;;/h1-4,12-13,17H,5-9,16H2,(H,19,20);3*1H. The second kappa shape index (κ2) is 11.8. The molecule has 0 bridgehead atoms. The molecule has 5 nitrogen and oxygen atoms in total. The Bertz CT molecular complexity index is 465. The molecule has 1 aliphatic heterocycles. The predicted octanol–water partition coefficient (Wildman–Crippen LogP) is 1.32. The zero-order valence-electron chi connectivity index (χ0n) is 12.5. The number of nitrogens with zero attached hydrogens (tertiary/aromatic N) is 1. The summed E-state index contributed by atoms with van der Waals surface area (Å²) in [5.74, 6) is -1.16. The van der Waals surface area contributed by atoms with E-state index in [-0.39, 0.29) is 55.6 Å². The Morgan fingerprint density at radius 3 is 2.48 bits per heavy atom. The summed E-state index contributed by atoms with van der Waals surface area (Å²) in [6.07, 6.45) is 0.678. The number of piperazine rings is 1. The minimum Gasteiger partial charge on any atom is -0.480 e. The van der Waals surface area contributed by atoms with Crippen molar-refractivity contribution in [2.24, 2.45) is 5.73 Å². The second-order valence-corrected chi connectivity index (χ2v) is 5.02. The van der Waals surface area contributed by atoms with Crippen LogP contribution in [0.25, 0.3) is 0 Å². The van der Waals surface area contributed by atoms with Crippen LogP contribution < -0.4 is 11.1 Å². The van der Waals surface area contributed by atoms with Crippen LogP contribution in [0.1, 0.15) is 5.56 Å². The number of carbonyl (C=O) groups is 1. The number of rotatable bonds is 5. The molecule has 2 rings (SSSR count). The Hall–Kier alpha value is -0.630. The van der Waals surface area contributed by atoms with Gasteiger partial charge in [0.1, 0.15) is 11.9 Å². The quantitative estimate of drug-likeness (QED) is 0.707. The van der Waals surface area contributed by atoms with Gasteiger partial charge in [0, 0.05) is 32.2 Å². The third kappa shape index (κ3) is 6.79. The van der Waals surface area contributed by atoms with Crippen molar-refractivity contribution in [2.45, 2.75) is 18.5 Å². The first-order valence-electron chi connectivity index (χ1n) is 6.75. The van der Waals surface area contributed by atoms with E-state index in [2.05, 4.69) is 5.32 Å². The van der Waals surface area contributed by atoms with Crippen molar-refractivity contribution in [3.8, 4) is 0 Å². The molecule has 1 aromatic carbocycles. The summed E-state index contributed by atoms with van der Waals surface area (Å²) >= 11 is 0. The minimum atomic E-state index is -0.890. The van der Waals surface area contributed by atoms with Crippen LogP contribution >= 0.6 is 37.2 Å². The third-order valence-electron chi connectivity index (χ3n) is 3.69. The molecule has 4 N–H and O–H groups in total. The number of nitrogens with two attached hydrogens (primary N) is 1. The average molecular weight is 391 g/mol. The van der Waals surface area contributed by atoms with Gasteiger partial charge in [0.15, 0.2) is 0 Å². The summed E-state index contributed by atoms with van der Waals surface area (Å²) in [4.78, 5) is 13.2. The molecule has 0 saturated carbocycles. The van der Waals surface area contributed by atoms with Crippen LogP contribution in [0, 0.1) is 5.82 Å². The Morgan fingerprint density at radius 1 is 1.35 bits per heavy atom. The fourth-order valence-corrected chi connectivity index (χ4v) is 2.65. The smallest absolute Gasteiger partial charge is 0.322 e. The van der Waals surface area contributed by atoms with Crippen LogP contribution in [0.15, 0.2) is 24.3 Å². The second-order valence-electron chi connectivity index (χ2n) is 5.02. The summed E-state index contributed by atoms with van der Waals surface area (Å²) in [5.41, 5.74) is 6.58. The van der Waals surface area contributed by atoms with Crippen molar-refractivity contribution < 1.29 is 14.3 Å². The number of benzene rings is 1. The predicted molar refractivity (Wildman–Crippen MR) is 95.7 cm³/mol. The van der Waals surface area contributed by atoms with E-state index in [4.69, 9.17) is 5.73 Å². The van der Waals surface area contributed by atoms with Crippen molar-refractivity contribution >= 4 is 43.2 Å². The van der Waals surface area contributed by atoms with Crippen LogP contribution in [0.4, 0.5) is 4.39 Å². The lowest BCUT2D eigenvalue weighted by atomic mass is 10.0. The maximum atomic E-state index is 12.9. The van der Waals surface area contributed by atoms with Crippen molar-refractivity contribution in [3.63, 3.8) is 0 Å². The van der Waals surface area contributed by atoms with Gasteiger partial charge >= 0.3 is 5.97 Å². The molecule has 23 heavy (non-hydrogen) atoms. The van der Waals surface area contributed by atoms with Crippen LogP contribution in [-0.4, -0.2) is 54.2 Å². The van der Waals surface area contributed by atoms with Gasteiger partial charge in [-0.1, -0.05) is 12.1 Å². The van der Waals surface area contributed by atoms with Gasteiger partial charge in [-0.2, -0.15) is 0 Å². The SMILES string of the molecule is Cl.Cl.Cl.NCC(C(=O)O)N1CCNCC1Cc1ccc(F)cc1. The lowest BCUT2D eigenvalue weighted by Crippen LogP contribution is -2.59. The molecule has 9 heteroatoms. The van der Waals surface area contributed by atoms with Crippen LogP contribution in [0.5, 0.6) is 0 Å². The summed E-state index contributed by atoms with van der Waals surface area (Å²) in [5, 5.41) is 12.5. The number of hydrogen-bond acceptors (Lipinski definition) is 4. The first-order chi connectivity index (χ1) is 9.61. The van der Waals surface area contributed by atoms with Crippen LogP contribution in [0.3, 0.4) is 0 Å². The first-order valence-corrected chi connectivity index (χ1v) is 6.75. The van der Waals surface area contributed by atoms with Crippen molar-refractivity contribution in [3.05, 3.63) is 35.6 Å². The topological polar surface area (TPSA) is 78.6 Å². The van der Waals surface area contributed by atoms with Crippen LogP contribution in [-0.2, 0) is 11.2 Å². The summed E-state index contributed by atoms with van der Waals surface area (Å²) in [6.45, 7) is 2.21. The highest BCUT2D eigenvalue weighted by Crippen LogP contribution is 2.14. The zero-order chi connectivity index (χ0) is 14.5. The van der Waals surface area contributed by atoms with Crippen LogP contribution in [0.2, 0.25) is 0 Å². The largest absolute Gasteiger partial charge is 0.480 e. The Kier molecular flexibility index (Phi) is 12.7. The maximum Gasteiger partial charge on any atom is 0.322 e. The molecule has 0 amide bonds. The Morgan fingerprint density at radius 2 is 1.96 bits per heavy atom. The molecular formula is C14H23Cl3FN3O2. The molecule has 1 aromatic rings. The number of carboxylic acid groups (broad SMARTS) is 1. The van der Waals surface area contributed by atoms with Gasteiger partial charge in [-0.25, -0.2) is 4.39 Å². The fourth-order valence-electron chi connectivity index (χ4n) is 2.65. The maximum absolute atomic E-state index is 12.9. The Labute approximate surface area is 154 Å². The van der Waals surface area contributed by atoms with E-state index in [1.807, 2.05) is 4.90 Å². The number of carboxylic acids is 1.